The maximum absolute atomic E-state index is 6.37. The quantitative estimate of drug-likeness (QED) is 0.793. The first-order valence-corrected chi connectivity index (χ1v) is 7.05. The van der Waals surface area contributed by atoms with Crippen LogP contribution in [0.2, 0.25) is 0 Å². The van der Waals surface area contributed by atoms with Crippen LogP contribution < -0.4 is 10.6 Å². The Morgan fingerprint density at radius 2 is 2.05 bits per heavy atom. The fraction of sp³-hybridized carbons (Fsp3) is 0.438. The van der Waals surface area contributed by atoms with Gasteiger partial charge in [0.05, 0.1) is 24.6 Å². The number of anilines is 2. The average Bonchev–Trinajstić information content (AvgIpc) is 2.50. The number of ether oxygens (including phenoxy) is 2. The number of methoxy groups -OCH3 is 2. The van der Waals surface area contributed by atoms with E-state index in [2.05, 4.69) is 16.8 Å². The molecule has 0 spiro atoms. The van der Waals surface area contributed by atoms with Crippen molar-refractivity contribution in [2.75, 3.05) is 44.6 Å². The van der Waals surface area contributed by atoms with Gasteiger partial charge < -0.3 is 20.1 Å². The predicted octanol–water partition coefficient (Wildman–Crippen LogP) is 2.30. The lowest BCUT2D eigenvalue weighted by atomic mass is 10.1. The molecule has 21 heavy (non-hydrogen) atoms. The van der Waals surface area contributed by atoms with Gasteiger partial charge in [0.15, 0.2) is 0 Å². The zero-order valence-electron chi connectivity index (χ0n) is 12.9. The van der Waals surface area contributed by atoms with E-state index in [1.54, 1.807) is 20.4 Å². The van der Waals surface area contributed by atoms with Crippen LogP contribution in [0.3, 0.4) is 0 Å². The maximum atomic E-state index is 6.37. The van der Waals surface area contributed by atoms with Crippen molar-refractivity contribution >= 4 is 22.1 Å². The molecule has 114 valence electrons. The number of pyridine rings is 1. The molecule has 1 heterocycles. The first-order valence-electron chi connectivity index (χ1n) is 7.05. The van der Waals surface area contributed by atoms with Crippen molar-refractivity contribution < 1.29 is 9.47 Å². The van der Waals surface area contributed by atoms with E-state index < -0.39 is 0 Å². The smallest absolute Gasteiger partial charge is 0.0663 e. The zero-order valence-corrected chi connectivity index (χ0v) is 12.9. The number of nitrogens with zero attached hydrogens (tertiary/aromatic N) is 2. The molecule has 0 amide bonds. The van der Waals surface area contributed by atoms with Crippen LogP contribution in [0.25, 0.3) is 10.8 Å². The Hall–Kier alpha value is -1.85. The monoisotopic (exact) mass is 289 g/mol. The number of aromatic nitrogens is 1. The van der Waals surface area contributed by atoms with E-state index >= 15 is 0 Å². The van der Waals surface area contributed by atoms with Crippen molar-refractivity contribution in [3.63, 3.8) is 0 Å². The summed E-state index contributed by atoms with van der Waals surface area (Å²) in [5.41, 5.74) is 8.16. The van der Waals surface area contributed by atoms with Crippen LogP contribution in [0, 0.1) is 0 Å². The van der Waals surface area contributed by atoms with Crippen LogP contribution in [0.5, 0.6) is 0 Å². The van der Waals surface area contributed by atoms with E-state index in [0.29, 0.717) is 13.2 Å². The van der Waals surface area contributed by atoms with Crippen molar-refractivity contribution in [1.29, 1.82) is 0 Å². The molecule has 5 heteroatoms. The highest BCUT2D eigenvalue weighted by Crippen LogP contribution is 2.32. The summed E-state index contributed by atoms with van der Waals surface area (Å²) in [7, 11) is 3.41. The number of hydrogen-bond donors (Lipinski definition) is 1. The third-order valence-corrected chi connectivity index (χ3v) is 3.62. The molecule has 1 aromatic carbocycles. The van der Waals surface area contributed by atoms with Crippen molar-refractivity contribution in [3.8, 4) is 0 Å². The van der Waals surface area contributed by atoms with Gasteiger partial charge in [-0.1, -0.05) is 6.07 Å². The van der Waals surface area contributed by atoms with Gasteiger partial charge in [-0.2, -0.15) is 0 Å². The van der Waals surface area contributed by atoms with E-state index in [9.17, 15) is 0 Å². The standard InChI is InChI=1S/C16H23N3O2/c1-12(11-21-3)19(8-9-20-2)15-5-4-13-10-18-7-6-14(13)16(15)17/h4-7,10,12H,8-9,11,17H2,1-3H3. The molecule has 5 nitrogen and oxygen atoms in total. The van der Waals surface area contributed by atoms with Crippen LogP contribution in [0.4, 0.5) is 11.4 Å². The summed E-state index contributed by atoms with van der Waals surface area (Å²) in [6.07, 6.45) is 3.59. The molecule has 1 unspecified atom stereocenters. The van der Waals surface area contributed by atoms with Gasteiger partial charge in [0.2, 0.25) is 0 Å². The van der Waals surface area contributed by atoms with Gasteiger partial charge in [-0.05, 0) is 19.1 Å². The Kier molecular flexibility index (Phi) is 5.36. The lowest BCUT2D eigenvalue weighted by Gasteiger charge is -2.32. The minimum Gasteiger partial charge on any atom is -0.397 e. The number of benzene rings is 1. The molecule has 0 saturated carbocycles. The second-order valence-corrected chi connectivity index (χ2v) is 5.09. The van der Waals surface area contributed by atoms with Crippen molar-refractivity contribution in [2.45, 2.75) is 13.0 Å². The third kappa shape index (κ3) is 3.43. The number of fused-ring (bicyclic) bond motifs is 1. The van der Waals surface area contributed by atoms with E-state index in [1.807, 2.05) is 24.4 Å². The lowest BCUT2D eigenvalue weighted by Crippen LogP contribution is -2.39. The molecule has 0 radical (unpaired) electrons. The largest absolute Gasteiger partial charge is 0.397 e. The molecule has 2 N–H and O–H groups in total. The summed E-state index contributed by atoms with van der Waals surface area (Å²) >= 11 is 0. The molecule has 2 rings (SSSR count). The molecular weight excluding hydrogens is 266 g/mol. The summed E-state index contributed by atoms with van der Waals surface area (Å²) in [6.45, 7) is 4.16. The van der Waals surface area contributed by atoms with Gasteiger partial charge in [0, 0.05) is 50.0 Å². The zero-order chi connectivity index (χ0) is 15.2. The molecule has 1 atom stereocenters. The molecule has 0 saturated heterocycles. The lowest BCUT2D eigenvalue weighted by molar-refractivity contribution is 0.171. The van der Waals surface area contributed by atoms with Gasteiger partial charge in [-0.15, -0.1) is 0 Å². The number of rotatable bonds is 7. The van der Waals surface area contributed by atoms with Crippen LogP contribution in [0.15, 0.2) is 30.6 Å². The normalized spacial score (nSPS) is 12.5. The predicted molar refractivity (Wildman–Crippen MR) is 86.7 cm³/mol. The van der Waals surface area contributed by atoms with E-state index in [1.165, 1.54) is 0 Å². The number of hydrogen-bond acceptors (Lipinski definition) is 5. The van der Waals surface area contributed by atoms with Crippen molar-refractivity contribution in [1.82, 2.24) is 4.98 Å². The highest BCUT2D eigenvalue weighted by atomic mass is 16.5. The second-order valence-electron chi connectivity index (χ2n) is 5.09. The Balaban J connectivity index is 2.41. The van der Waals surface area contributed by atoms with Gasteiger partial charge in [0.25, 0.3) is 0 Å². The van der Waals surface area contributed by atoms with E-state index in [4.69, 9.17) is 15.2 Å². The van der Waals surface area contributed by atoms with Gasteiger partial charge in [-0.25, -0.2) is 0 Å². The first kappa shape index (κ1) is 15.5. The number of nitrogen functional groups attached to an aromatic ring is 1. The average molecular weight is 289 g/mol. The van der Waals surface area contributed by atoms with Gasteiger partial charge in [-0.3, -0.25) is 4.98 Å². The molecular formula is C16H23N3O2. The Bertz CT molecular complexity index is 589. The molecule has 0 aliphatic rings. The maximum Gasteiger partial charge on any atom is 0.0663 e. The summed E-state index contributed by atoms with van der Waals surface area (Å²) in [5.74, 6) is 0. The summed E-state index contributed by atoms with van der Waals surface area (Å²) in [6, 6.07) is 6.25. The summed E-state index contributed by atoms with van der Waals surface area (Å²) in [5, 5.41) is 2.07. The van der Waals surface area contributed by atoms with Gasteiger partial charge in [0.1, 0.15) is 0 Å². The summed E-state index contributed by atoms with van der Waals surface area (Å²) < 4.78 is 10.5. The van der Waals surface area contributed by atoms with Crippen molar-refractivity contribution in [2.24, 2.45) is 0 Å². The Morgan fingerprint density at radius 1 is 1.24 bits per heavy atom. The molecule has 0 aliphatic carbocycles. The topological polar surface area (TPSA) is 60.6 Å². The fourth-order valence-corrected chi connectivity index (χ4v) is 2.53. The SMILES string of the molecule is COCCN(c1ccc2cnccc2c1N)C(C)COC. The van der Waals surface area contributed by atoms with Gasteiger partial charge >= 0.3 is 0 Å². The van der Waals surface area contributed by atoms with Crippen LogP contribution >= 0.6 is 0 Å². The highest BCUT2D eigenvalue weighted by Gasteiger charge is 2.17. The van der Waals surface area contributed by atoms with E-state index in [-0.39, 0.29) is 6.04 Å². The van der Waals surface area contributed by atoms with Crippen molar-refractivity contribution in [3.05, 3.63) is 30.6 Å². The fourth-order valence-electron chi connectivity index (χ4n) is 2.53. The number of nitrogens with two attached hydrogens (primary N) is 1. The minimum atomic E-state index is 0.215. The van der Waals surface area contributed by atoms with Crippen LogP contribution in [0.1, 0.15) is 6.92 Å². The third-order valence-electron chi connectivity index (χ3n) is 3.62. The molecule has 1 aromatic heterocycles. The Morgan fingerprint density at radius 3 is 2.76 bits per heavy atom. The molecule has 0 fully saturated rings. The van der Waals surface area contributed by atoms with Crippen LogP contribution in [-0.2, 0) is 9.47 Å². The second kappa shape index (κ2) is 7.24. The Labute approximate surface area is 125 Å². The minimum absolute atomic E-state index is 0.215. The molecule has 0 aliphatic heterocycles. The molecule has 2 aromatic rings. The first-order chi connectivity index (χ1) is 10.2. The van der Waals surface area contributed by atoms with E-state index in [0.717, 1.165) is 28.7 Å². The van der Waals surface area contributed by atoms with Crippen LogP contribution in [-0.4, -0.2) is 45.0 Å². The molecule has 0 bridgehead atoms. The summed E-state index contributed by atoms with van der Waals surface area (Å²) in [4.78, 5) is 6.36. The highest BCUT2D eigenvalue weighted by molar-refractivity contribution is 5.98.